The fraction of sp³-hybridized carbons (Fsp3) is 0.556. The average molecular weight is 349 g/mol. The zero-order valence-corrected chi connectivity index (χ0v) is 14.2. The van der Waals surface area contributed by atoms with Crippen LogP contribution >= 0.6 is 0 Å². The second kappa shape index (κ2) is 7.21. The highest BCUT2D eigenvalue weighted by molar-refractivity contribution is 5.87. The summed E-state index contributed by atoms with van der Waals surface area (Å²) in [6.07, 6.45) is -0.100. The second-order valence-electron chi connectivity index (χ2n) is 6.87. The minimum atomic E-state index is -1.53. The lowest BCUT2D eigenvalue weighted by atomic mass is 9.90. The first-order chi connectivity index (χ1) is 11.9. The number of ether oxygens (including phenoxy) is 4. The number of ketones is 1. The Morgan fingerprint density at radius 2 is 1.72 bits per heavy atom. The molecule has 0 radical (unpaired) electrons. The average Bonchev–Trinajstić information content (AvgIpc) is 2.65. The first-order valence-electron chi connectivity index (χ1n) is 8.32. The lowest BCUT2D eigenvalue weighted by Gasteiger charge is -2.51. The number of hydrogen-bond donors (Lipinski definition) is 1. The summed E-state index contributed by atoms with van der Waals surface area (Å²) >= 11 is 0. The van der Waals surface area contributed by atoms with Gasteiger partial charge in [0, 0.05) is 11.8 Å². The van der Waals surface area contributed by atoms with Gasteiger partial charge < -0.3 is 24.7 Å². The van der Waals surface area contributed by atoms with E-state index in [-0.39, 0.29) is 30.6 Å². The molecule has 1 aromatic carbocycles. The number of carbonyl (C=O) groups excluding carboxylic acids is 2. The third-order valence-electron chi connectivity index (χ3n) is 4.41. The summed E-state index contributed by atoms with van der Waals surface area (Å²) in [6.45, 7) is 3.43. The van der Waals surface area contributed by atoms with Crippen LogP contribution in [0.1, 0.15) is 25.3 Å². The summed E-state index contributed by atoms with van der Waals surface area (Å²) in [5.74, 6) is -2.34. The lowest BCUT2D eigenvalue weighted by Crippen LogP contribution is -2.67. The standard InChI is InChI=1S/C18H23NO6/c1-17-10-23-18(24-11-17,25-12-17)16(19)14(20)7-8-15(21)22-9-13-5-3-2-4-6-13/h2-6,16H,7-12,19H2,1H3/t16-,17?,18?/m0/s1. The highest BCUT2D eigenvalue weighted by atomic mass is 16.9. The van der Waals surface area contributed by atoms with Crippen LogP contribution in [0.2, 0.25) is 0 Å². The minimum Gasteiger partial charge on any atom is -0.461 e. The van der Waals surface area contributed by atoms with Gasteiger partial charge in [-0.2, -0.15) is 0 Å². The van der Waals surface area contributed by atoms with Crippen molar-refractivity contribution >= 4 is 11.8 Å². The van der Waals surface area contributed by atoms with E-state index in [1.165, 1.54) is 0 Å². The monoisotopic (exact) mass is 349 g/mol. The predicted octanol–water partition coefficient (Wildman–Crippen LogP) is 1.14. The molecule has 3 heterocycles. The van der Waals surface area contributed by atoms with E-state index in [0.717, 1.165) is 5.56 Å². The Kier molecular flexibility index (Phi) is 5.19. The van der Waals surface area contributed by atoms with Crippen LogP contribution in [0.3, 0.4) is 0 Å². The SMILES string of the molecule is CC12COC([C@@H](N)C(=O)CCC(=O)OCc3ccccc3)(OC1)OC2. The highest BCUT2D eigenvalue weighted by Gasteiger charge is 2.55. The van der Waals surface area contributed by atoms with Crippen molar-refractivity contribution in [2.45, 2.75) is 38.4 Å². The number of rotatable bonds is 7. The maximum Gasteiger partial charge on any atom is 0.306 e. The normalized spacial score (nSPS) is 29.2. The number of hydrogen-bond acceptors (Lipinski definition) is 7. The smallest absolute Gasteiger partial charge is 0.306 e. The molecule has 0 aromatic heterocycles. The van der Waals surface area contributed by atoms with Crippen LogP contribution in [0, 0.1) is 5.41 Å². The molecule has 0 spiro atoms. The molecule has 7 nitrogen and oxygen atoms in total. The van der Waals surface area contributed by atoms with Crippen molar-refractivity contribution in [3.8, 4) is 0 Å². The van der Waals surface area contributed by atoms with Crippen LogP contribution in [-0.4, -0.2) is 43.6 Å². The fourth-order valence-electron chi connectivity index (χ4n) is 2.73. The van der Waals surface area contributed by atoms with Gasteiger partial charge in [0.25, 0.3) is 0 Å². The number of fused-ring (bicyclic) bond motifs is 3. The van der Waals surface area contributed by atoms with Crippen molar-refractivity contribution in [3.05, 3.63) is 35.9 Å². The van der Waals surface area contributed by atoms with Crippen LogP contribution in [0.15, 0.2) is 30.3 Å². The van der Waals surface area contributed by atoms with Gasteiger partial charge in [0.1, 0.15) is 12.6 Å². The molecule has 1 aromatic rings. The molecule has 3 aliphatic heterocycles. The third-order valence-corrected chi connectivity index (χ3v) is 4.41. The molecule has 25 heavy (non-hydrogen) atoms. The van der Waals surface area contributed by atoms with Crippen molar-refractivity contribution < 1.29 is 28.5 Å². The zero-order chi connectivity index (χ0) is 17.9. The molecule has 136 valence electrons. The number of nitrogens with two attached hydrogens (primary N) is 1. The summed E-state index contributed by atoms with van der Waals surface area (Å²) in [5.41, 5.74) is 6.67. The Hall–Kier alpha value is -1.80. The number of benzene rings is 1. The van der Waals surface area contributed by atoms with Gasteiger partial charge in [-0.25, -0.2) is 0 Å². The third kappa shape index (κ3) is 4.07. The molecule has 1 atom stereocenters. The summed E-state index contributed by atoms with van der Waals surface area (Å²) in [5, 5.41) is 0. The van der Waals surface area contributed by atoms with E-state index >= 15 is 0 Å². The van der Waals surface area contributed by atoms with Crippen molar-refractivity contribution in [1.82, 2.24) is 0 Å². The van der Waals surface area contributed by atoms with Crippen LogP contribution in [0.25, 0.3) is 0 Å². The van der Waals surface area contributed by atoms with Gasteiger partial charge >= 0.3 is 11.9 Å². The molecule has 3 fully saturated rings. The van der Waals surface area contributed by atoms with E-state index in [1.54, 1.807) is 0 Å². The maximum absolute atomic E-state index is 12.3. The first kappa shape index (κ1) is 18.0. The molecular formula is C18H23NO6. The number of Topliss-reactive ketones (excluding diaryl/α,β-unsaturated/α-hetero) is 1. The topological polar surface area (TPSA) is 97.1 Å². The summed E-state index contributed by atoms with van der Waals surface area (Å²) in [6, 6.07) is 8.24. The van der Waals surface area contributed by atoms with Crippen molar-refractivity contribution in [3.63, 3.8) is 0 Å². The van der Waals surface area contributed by atoms with Gasteiger partial charge in [0.15, 0.2) is 5.78 Å². The molecule has 0 saturated carbocycles. The van der Waals surface area contributed by atoms with Crippen LogP contribution < -0.4 is 5.73 Å². The molecule has 3 aliphatic rings. The predicted molar refractivity (Wildman–Crippen MR) is 87.1 cm³/mol. The van der Waals surface area contributed by atoms with Gasteiger partial charge in [-0.05, 0) is 5.56 Å². The first-order valence-corrected chi connectivity index (χ1v) is 8.32. The van der Waals surface area contributed by atoms with E-state index in [1.807, 2.05) is 37.3 Å². The minimum absolute atomic E-state index is 0.0485. The molecule has 2 N–H and O–H groups in total. The van der Waals surface area contributed by atoms with Gasteiger partial charge in [0.05, 0.1) is 26.2 Å². The van der Waals surface area contributed by atoms with Crippen LogP contribution in [0.5, 0.6) is 0 Å². The van der Waals surface area contributed by atoms with Crippen molar-refractivity contribution in [1.29, 1.82) is 0 Å². The van der Waals surface area contributed by atoms with Gasteiger partial charge in [0.2, 0.25) is 0 Å². The molecule has 0 aliphatic carbocycles. The maximum atomic E-state index is 12.3. The van der Waals surface area contributed by atoms with Gasteiger partial charge in [-0.1, -0.05) is 37.3 Å². The summed E-state index contributed by atoms with van der Waals surface area (Å²) < 4.78 is 21.8. The Morgan fingerprint density at radius 1 is 1.12 bits per heavy atom. The molecular weight excluding hydrogens is 326 g/mol. The van der Waals surface area contributed by atoms with E-state index in [9.17, 15) is 9.59 Å². The van der Waals surface area contributed by atoms with Crippen LogP contribution in [0.4, 0.5) is 0 Å². The fourth-order valence-corrected chi connectivity index (χ4v) is 2.73. The molecule has 7 heteroatoms. The Labute approximate surface area is 146 Å². The molecule has 0 unspecified atom stereocenters. The van der Waals surface area contributed by atoms with Crippen LogP contribution in [-0.2, 0) is 35.1 Å². The van der Waals surface area contributed by atoms with E-state index in [0.29, 0.717) is 19.8 Å². The number of carbonyl (C=O) groups is 2. The Bertz CT molecular complexity index is 607. The zero-order valence-electron chi connectivity index (χ0n) is 14.2. The van der Waals surface area contributed by atoms with E-state index in [4.69, 9.17) is 24.7 Å². The quantitative estimate of drug-likeness (QED) is 0.737. The van der Waals surface area contributed by atoms with Crippen molar-refractivity contribution in [2.75, 3.05) is 19.8 Å². The molecule has 0 amide bonds. The summed E-state index contributed by atoms with van der Waals surface area (Å²) in [4.78, 5) is 24.1. The molecule has 4 rings (SSSR count). The highest BCUT2D eigenvalue weighted by Crippen LogP contribution is 2.39. The largest absolute Gasteiger partial charge is 0.461 e. The molecule has 2 bridgehead atoms. The van der Waals surface area contributed by atoms with Gasteiger partial charge in [-0.15, -0.1) is 0 Å². The van der Waals surface area contributed by atoms with Gasteiger partial charge in [-0.3, -0.25) is 9.59 Å². The Morgan fingerprint density at radius 3 is 2.32 bits per heavy atom. The van der Waals surface area contributed by atoms with E-state index < -0.39 is 18.0 Å². The van der Waals surface area contributed by atoms with E-state index in [2.05, 4.69) is 0 Å². The molecule has 3 saturated heterocycles. The summed E-state index contributed by atoms with van der Waals surface area (Å²) in [7, 11) is 0. The number of esters is 1. The van der Waals surface area contributed by atoms with Crippen molar-refractivity contribution in [2.24, 2.45) is 11.1 Å². The Balaban J connectivity index is 1.45. The second-order valence-corrected chi connectivity index (χ2v) is 6.87. The lowest BCUT2D eigenvalue weighted by molar-refractivity contribution is -0.467.